The van der Waals surface area contributed by atoms with E-state index in [1.807, 2.05) is 0 Å². The van der Waals surface area contributed by atoms with Crippen LogP contribution in [0.5, 0.6) is 5.75 Å². The van der Waals surface area contributed by atoms with E-state index in [2.05, 4.69) is 4.74 Å². The second-order valence-corrected chi connectivity index (χ2v) is 3.24. The number of benzene rings is 1. The van der Waals surface area contributed by atoms with Crippen molar-refractivity contribution in [1.29, 1.82) is 0 Å². The molecule has 0 spiro atoms. The van der Waals surface area contributed by atoms with Gasteiger partial charge in [0.15, 0.2) is 0 Å². The molecule has 82 valence electrons. The van der Waals surface area contributed by atoms with Gasteiger partial charge in [-0.1, -0.05) is 11.6 Å². The molecule has 0 saturated carbocycles. The van der Waals surface area contributed by atoms with Crippen molar-refractivity contribution in [1.82, 2.24) is 0 Å². The van der Waals surface area contributed by atoms with Gasteiger partial charge in [-0.05, 0) is 30.2 Å². The van der Waals surface area contributed by atoms with Crippen LogP contribution in [0.1, 0.15) is 12.0 Å². The molecule has 0 aliphatic heterocycles. The predicted molar refractivity (Wildman–Crippen MR) is 52.5 cm³/mol. The Morgan fingerprint density at radius 1 is 1.47 bits per heavy atom. The van der Waals surface area contributed by atoms with Crippen LogP contribution in [-0.2, 0) is 11.2 Å². The minimum Gasteiger partial charge on any atom is -0.435 e. The molecule has 0 fully saturated rings. The predicted octanol–water partition coefficient (Wildman–Crippen LogP) is 3.07. The fourth-order valence-electron chi connectivity index (χ4n) is 1.13. The molecule has 1 aromatic rings. The van der Waals surface area contributed by atoms with Crippen LogP contribution < -0.4 is 4.74 Å². The van der Waals surface area contributed by atoms with Gasteiger partial charge >= 0.3 is 6.61 Å². The number of aldehydes is 1. The Balaban J connectivity index is 2.79. The molecule has 0 heterocycles. The molecule has 5 heteroatoms. The number of carbonyl (C=O) groups is 1. The molecule has 0 amide bonds. The summed E-state index contributed by atoms with van der Waals surface area (Å²) in [6.07, 6.45) is 1.47. The van der Waals surface area contributed by atoms with Gasteiger partial charge in [0.05, 0.1) is 0 Å². The first-order chi connectivity index (χ1) is 7.13. The lowest BCUT2D eigenvalue weighted by atomic mass is 10.1. The van der Waals surface area contributed by atoms with Crippen molar-refractivity contribution in [2.24, 2.45) is 0 Å². The average molecular weight is 235 g/mol. The number of hydrogen-bond donors (Lipinski definition) is 0. The Labute approximate surface area is 90.8 Å². The topological polar surface area (TPSA) is 26.3 Å². The highest BCUT2D eigenvalue weighted by Crippen LogP contribution is 2.24. The molecule has 0 N–H and O–H groups in total. The lowest BCUT2D eigenvalue weighted by molar-refractivity contribution is -0.107. The normalized spacial score (nSPS) is 10.4. The van der Waals surface area contributed by atoms with Gasteiger partial charge in [0, 0.05) is 11.4 Å². The van der Waals surface area contributed by atoms with E-state index >= 15 is 0 Å². The highest BCUT2D eigenvalue weighted by atomic mass is 35.5. The molecular weight excluding hydrogens is 226 g/mol. The summed E-state index contributed by atoms with van der Waals surface area (Å²) in [5.41, 5.74) is 0.627. The van der Waals surface area contributed by atoms with Crippen molar-refractivity contribution in [2.45, 2.75) is 19.5 Å². The van der Waals surface area contributed by atoms with E-state index in [9.17, 15) is 13.6 Å². The Kier molecular flexibility index (Phi) is 4.49. The van der Waals surface area contributed by atoms with Crippen molar-refractivity contribution >= 4 is 17.9 Å². The van der Waals surface area contributed by atoms with E-state index in [0.717, 1.165) is 6.29 Å². The third-order valence-electron chi connectivity index (χ3n) is 1.77. The summed E-state index contributed by atoms with van der Waals surface area (Å²) in [7, 11) is 0. The second kappa shape index (κ2) is 5.66. The molecule has 0 bridgehead atoms. The maximum Gasteiger partial charge on any atom is 0.387 e. The Bertz CT molecular complexity index is 342. The van der Waals surface area contributed by atoms with E-state index < -0.39 is 6.61 Å². The molecule has 0 radical (unpaired) electrons. The average Bonchev–Trinajstić information content (AvgIpc) is 2.18. The molecule has 15 heavy (non-hydrogen) atoms. The number of rotatable bonds is 5. The second-order valence-electron chi connectivity index (χ2n) is 2.84. The fraction of sp³-hybridized carbons (Fsp3) is 0.300. The van der Waals surface area contributed by atoms with E-state index in [4.69, 9.17) is 11.6 Å². The summed E-state index contributed by atoms with van der Waals surface area (Å²) >= 11 is 5.81. The lowest BCUT2D eigenvalue weighted by Crippen LogP contribution is -2.02. The summed E-state index contributed by atoms with van der Waals surface area (Å²) < 4.78 is 28.0. The molecular formula is C10H9ClF2O2. The Hall–Kier alpha value is -1.16. The lowest BCUT2D eigenvalue weighted by Gasteiger charge is -2.07. The quantitative estimate of drug-likeness (QED) is 0.732. The van der Waals surface area contributed by atoms with E-state index in [0.29, 0.717) is 23.4 Å². The first-order valence-electron chi connectivity index (χ1n) is 4.30. The Morgan fingerprint density at radius 3 is 2.80 bits per heavy atom. The van der Waals surface area contributed by atoms with Gasteiger partial charge < -0.3 is 9.53 Å². The largest absolute Gasteiger partial charge is 0.435 e. The van der Waals surface area contributed by atoms with Crippen LogP contribution in [0.15, 0.2) is 18.2 Å². The van der Waals surface area contributed by atoms with Gasteiger partial charge in [-0.3, -0.25) is 0 Å². The minimum absolute atomic E-state index is 0.0512. The molecule has 0 aliphatic carbocycles. The van der Waals surface area contributed by atoms with E-state index in [1.165, 1.54) is 18.2 Å². The first-order valence-corrected chi connectivity index (χ1v) is 4.68. The van der Waals surface area contributed by atoms with Gasteiger partial charge in [0.25, 0.3) is 0 Å². The summed E-state index contributed by atoms with van der Waals surface area (Å²) in [6.45, 7) is -2.86. The fourth-order valence-corrected chi connectivity index (χ4v) is 1.35. The van der Waals surface area contributed by atoms with Crippen molar-refractivity contribution in [3.63, 3.8) is 0 Å². The smallest absolute Gasteiger partial charge is 0.387 e. The maximum atomic E-state index is 11.9. The minimum atomic E-state index is -2.86. The molecule has 0 saturated heterocycles. The van der Waals surface area contributed by atoms with Gasteiger partial charge in [-0.15, -0.1) is 0 Å². The molecule has 0 aromatic heterocycles. The van der Waals surface area contributed by atoms with Gasteiger partial charge in [-0.2, -0.15) is 8.78 Å². The molecule has 1 aromatic carbocycles. The highest BCUT2D eigenvalue weighted by Gasteiger charge is 2.07. The van der Waals surface area contributed by atoms with Crippen LogP contribution in [0, 0.1) is 0 Å². The van der Waals surface area contributed by atoms with Crippen LogP contribution >= 0.6 is 11.6 Å². The third kappa shape index (κ3) is 3.83. The number of aryl methyl sites for hydroxylation is 1. The number of halogens is 3. The van der Waals surface area contributed by atoms with Gasteiger partial charge in [0.2, 0.25) is 0 Å². The number of alkyl halides is 2. The SMILES string of the molecule is O=CCCc1cc(OC(F)F)ccc1Cl. The number of ether oxygens (including phenoxy) is 1. The van der Waals surface area contributed by atoms with Crippen molar-refractivity contribution in [2.75, 3.05) is 0 Å². The molecule has 0 atom stereocenters. The maximum absolute atomic E-state index is 11.9. The zero-order valence-electron chi connectivity index (χ0n) is 7.75. The Morgan fingerprint density at radius 2 is 2.20 bits per heavy atom. The summed E-state index contributed by atoms with van der Waals surface area (Å²) in [4.78, 5) is 10.2. The van der Waals surface area contributed by atoms with E-state index in [-0.39, 0.29) is 5.75 Å². The highest BCUT2D eigenvalue weighted by molar-refractivity contribution is 6.31. The molecule has 0 aliphatic rings. The van der Waals surface area contributed by atoms with Crippen molar-refractivity contribution in [3.8, 4) is 5.75 Å². The van der Waals surface area contributed by atoms with Crippen molar-refractivity contribution < 1.29 is 18.3 Å². The molecule has 0 unspecified atom stereocenters. The monoisotopic (exact) mass is 234 g/mol. The standard InChI is InChI=1S/C10H9ClF2O2/c11-9-4-3-8(15-10(12)13)6-7(9)2-1-5-14/h3-6,10H,1-2H2. The molecule has 2 nitrogen and oxygen atoms in total. The zero-order valence-corrected chi connectivity index (χ0v) is 8.51. The zero-order chi connectivity index (χ0) is 11.3. The van der Waals surface area contributed by atoms with Crippen LogP contribution in [0.4, 0.5) is 8.78 Å². The summed E-state index contributed by atoms with van der Waals surface area (Å²) in [5.74, 6) is 0.0512. The first kappa shape index (κ1) is 11.9. The number of carbonyl (C=O) groups excluding carboxylic acids is 1. The summed E-state index contributed by atoms with van der Waals surface area (Å²) in [5, 5.41) is 0.443. The third-order valence-corrected chi connectivity index (χ3v) is 2.14. The van der Waals surface area contributed by atoms with E-state index in [1.54, 1.807) is 0 Å². The van der Waals surface area contributed by atoms with Gasteiger partial charge in [0.1, 0.15) is 12.0 Å². The summed E-state index contributed by atoms with van der Waals surface area (Å²) in [6, 6.07) is 4.25. The van der Waals surface area contributed by atoms with Crippen LogP contribution in [-0.4, -0.2) is 12.9 Å². The molecule has 1 rings (SSSR count). The van der Waals surface area contributed by atoms with Crippen molar-refractivity contribution in [3.05, 3.63) is 28.8 Å². The van der Waals surface area contributed by atoms with Crippen LogP contribution in [0.3, 0.4) is 0 Å². The van der Waals surface area contributed by atoms with Crippen LogP contribution in [0.2, 0.25) is 5.02 Å². The number of hydrogen-bond acceptors (Lipinski definition) is 2. The van der Waals surface area contributed by atoms with Gasteiger partial charge in [-0.25, -0.2) is 0 Å². The van der Waals surface area contributed by atoms with Crippen LogP contribution in [0.25, 0.3) is 0 Å².